The van der Waals surface area contributed by atoms with Gasteiger partial charge in [0.15, 0.2) is 0 Å². The summed E-state index contributed by atoms with van der Waals surface area (Å²) in [6.07, 6.45) is 15.3. The number of hydrogen-bond acceptors (Lipinski definition) is 2. The molecule has 4 rings (SSSR count). The molecule has 0 N–H and O–H groups in total. The molecule has 0 radical (unpaired) electrons. The van der Waals surface area contributed by atoms with Gasteiger partial charge in [-0.1, -0.05) is 79.9 Å². The quantitative estimate of drug-likeness (QED) is 0.429. The van der Waals surface area contributed by atoms with Crippen molar-refractivity contribution in [1.82, 2.24) is 0 Å². The lowest BCUT2D eigenvalue weighted by molar-refractivity contribution is 0.0358. The number of rotatable bonds is 10. The van der Waals surface area contributed by atoms with E-state index in [1.54, 1.807) is 0 Å². The van der Waals surface area contributed by atoms with E-state index in [0.29, 0.717) is 24.4 Å². The summed E-state index contributed by atoms with van der Waals surface area (Å²) in [6, 6.07) is 21.5. The van der Waals surface area contributed by atoms with Crippen LogP contribution >= 0.6 is 0 Å². The van der Waals surface area contributed by atoms with Crippen LogP contribution in [0.15, 0.2) is 60.7 Å². The van der Waals surface area contributed by atoms with Gasteiger partial charge in [-0.25, -0.2) is 0 Å². The van der Waals surface area contributed by atoms with Crippen molar-refractivity contribution < 1.29 is 9.47 Å². The van der Waals surface area contributed by atoms with Crippen molar-refractivity contribution in [3.05, 3.63) is 71.8 Å². The smallest absolute Gasteiger partial charge is 0.0620 e. The minimum absolute atomic E-state index is 0.427. The summed E-state index contributed by atoms with van der Waals surface area (Å²) in [5.74, 6) is 0. The van der Waals surface area contributed by atoms with Gasteiger partial charge < -0.3 is 9.47 Å². The van der Waals surface area contributed by atoms with E-state index >= 15 is 0 Å². The molecule has 2 nitrogen and oxygen atoms in total. The van der Waals surface area contributed by atoms with E-state index in [0.717, 1.165) is 12.8 Å². The molecule has 4 unspecified atom stereocenters. The highest BCUT2D eigenvalue weighted by Crippen LogP contribution is 2.28. The fourth-order valence-electron chi connectivity index (χ4n) is 4.96. The highest BCUT2D eigenvalue weighted by atomic mass is 16.5. The Morgan fingerprint density at radius 2 is 0.931 bits per heavy atom. The number of hydrogen-bond donors (Lipinski definition) is 0. The first kappa shape index (κ1) is 20.6. The monoisotopic (exact) mass is 392 g/mol. The van der Waals surface area contributed by atoms with Crippen molar-refractivity contribution in [1.29, 1.82) is 0 Å². The number of ether oxygens (including phenoxy) is 2. The summed E-state index contributed by atoms with van der Waals surface area (Å²) >= 11 is 0. The molecule has 0 spiro atoms. The van der Waals surface area contributed by atoms with E-state index in [1.807, 2.05) is 0 Å². The lowest BCUT2D eigenvalue weighted by Crippen LogP contribution is -2.14. The molecule has 156 valence electrons. The topological polar surface area (TPSA) is 18.5 Å². The molecule has 0 bridgehead atoms. The Balaban J connectivity index is 1.05. The van der Waals surface area contributed by atoms with Crippen molar-refractivity contribution >= 4 is 0 Å². The van der Waals surface area contributed by atoms with Crippen LogP contribution in [0.5, 0.6) is 0 Å². The van der Waals surface area contributed by atoms with Crippen LogP contribution < -0.4 is 0 Å². The molecule has 0 amide bonds. The Kier molecular flexibility index (Phi) is 7.78. The molecular formula is C27H36O2. The van der Waals surface area contributed by atoms with Crippen LogP contribution in [-0.4, -0.2) is 24.4 Å². The molecule has 2 fully saturated rings. The van der Waals surface area contributed by atoms with Crippen LogP contribution in [0, 0.1) is 0 Å². The molecular weight excluding hydrogens is 356 g/mol. The zero-order chi connectivity index (χ0) is 19.7. The molecule has 0 aromatic heterocycles. The van der Waals surface area contributed by atoms with Crippen molar-refractivity contribution in [2.75, 3.05) is 0 Å². The van der Waals surface area contributed by atoms with E-state index in [9.17, 15) is 0 Å². The maximum Gasteiger partial charge on any atom is 0.0620 e. The van der Waals surface area contributed by atoms with E-state index in [4.69, 9.17) is 9.47 Å². The van der Waals surface area contributed by atoms with Gasteiger partial charge in [0.2, 0.25) is 0 Å². The normalized spacial score (nSPS) is 26.8. The molecule has 29 heavy (non-hydrogen) atoms. The van der Waals surface area contributed by atoms with E-state index in [2.05, 4.69) is 60.7 Å². The van der Waals surface area contributed by atoms with Crippen LogP contribution in [0.3, 0.4) is 0 Å². The third-order valence-corrected chi connectivity index (χ3v) is 6.56. The molecule has 2 aliphatic rings. The standard InChI is InChI=1S/C27H36O2/c1-4-10-22(11-5-1)20-26-18-16-24(28-26)14-8-3-9-15-25-17-19-27(29-25)21-23-12-6-2-7-13-23/h1-2,4-7,10-13,24-27H,3,8-9,14-21H2. The first-order valence-corrected chi connectivity index (χ1v) is 11.7. The first-order chi connectivity index (χ1) is 14.3. The van der Waals surface area contributed by atoms with Gasteiger partial charge in [-0.15, -0.1) is 0 Å². The van der Waals surface area contributed by atoms with E-state index in [1.165, 1.54) is 68.9 Å². The third kappa shape index (κ3) is 6.69. The Hall–Kier alpha value is -1.64. The van der Waals surface area contributed by atoms with Gasteiger partial charge >= 0.3 is 0 Å². The van der Waals surface area contributed by atoms with Gasteiger partial charge in [0, 0.05) is 0 Å². The van der Waals surface area contributed by atoms with Crippen LogP contribution in [0.4, 0.5) is 0 Å². The molecule has 0 aliphatic carbocycles. The number of unbranched alkanes of at least 4 members (excludes halogenated alkanes) is 2. The predicted octanol–water partition coefficient (Wildman–Crippen LogP) is 6.52. The van der Waals surface area contributed by atoms with E-state index in [-0.39, 0.29) is 0 Å². The molecule has 2 aromatic carbocycles. The SMILES string of the molecule is c1ccc(CC2CCC(CCCCCC3CCC(Cc4ccccc4)O3)O2)cc1. The van der Waals surface area contributed by atoms with Gasteiger partial charge in [0.05, 0.1) is 24.4 Å². The Bertz CT molecular complexity index is 637. The van der Waals surface area contributed by atoms with Gasteiger partial charge in [-0.2, -0.15) is 0 Å². The molecule has 2 heterocycles. The Labute approximate surface area is 176 Å². The zero-order valence-electron chi connectivity index (χ0n) is 17.7. The molecule has 2 saturated heterocycles. The number of benzene rings is 2. The van der Waals surface area contributed by atoms with Gasteiger partial charge in [0.1, 0.15) is 0 Å². The molecule has 0 saturated carbocycles. The second-order valence-corrected chi connectivity index (χ2v) is 8.93. The highest BCUT2D eigenvalue weighted by molar-refractivity contribution is 5.16. The Morgan fingerprint density at radius 1 is 0.517 bits per heavy atom. The average Bonchev–Trinajstić information content (AvgIpc) is 3.39. The second kappa shape index (κ2) is 10.9. The van der Waals surface area contributed by atoms with Gasteiger partial charge in [-0.05, 0) is 62.5 Å². The zero-order valence-corrected chi connectivity index (χ0v) is 17.7. The average molecular weight is 393 g/mol. The predicted molar refractivity (Wildman–Crippen MR) is 119 cm³/mol. The largest absolute Gasteiger partial charge is 0.375 e. The fraction of sp³-hybridized carbons (Fsp3) is 0.556. The van der Waals surface area contributed by atoms with Crippen molar-refractivity contribution in [3.63, 3.8) is 0 Å². The van der Waals surface area contributed by atoms with Crippen molar-refractivity contribution in [3.8, 4) is 0 Å². The molecule has 2 heteroatoms. The lowest BCUT2D eigenvalue weighted by atomic mass is 10.0. The van der Waals surface area contributed by atoms with Crippen LogP contribution in [0.25, 0.3) is 0 Å². The summed E-state index contributed by atoms with van der Waals surface area (Å²) < 4.78 is 12.6. The van der Waals surface area contributed by atoms with Crippen LogP contribution in [0.1, 0.15) is 68.9 Å². The summed E-state index contributed by atoms with van der Waals surface area (Å²) in [6.45, 7) is 0. The van der Waals surface area contributed by atoms with Crippen LogP contribution in [0.2, 0.25) is 0 Å². The van der Waals surface area contributed by atoms with E-state index < -0.39 is 0 Å². The minimum Gasteiger partial charge on any atom is -0.375 e. The summed E-state index contributed by atoms with van der Waals surface area (Å²) in [4.78, 5) is 0. The second-order valence-electron chi connectivity index (χ2n) is 8.93. The Morgan fingerprint density at radius 3 is 1.38 bits per heavy atom. The minimum atomic E-state index is 0.427. The molecule has 2 aromatic rings. The third-order valence-electron chi connectivity index (χ3n) is 6.56. The summed E-state index contributed by atoms with van der Waals surface area (Å²) in [5, 5.41) is 0. The van der Waals surface area contributed by atoms with Crippen molar-refractivity contribution in [2.24, 2.45) is 0 Å². The summed E-state index contributed by atoms with van der Waals surface area (Å²) in [7, 11) is 0. The molecule has 2 aliphatic heterocycles. The maximum absolute atomic E-state index is 6.29. The lowest BCUT2D eigenvalue weighted by Gasteiger charge is -2.15. The van der Waals surface area contributed by atoms with Crippen LogP contribution in [-0.2, 0) is 22.3 Å². The maximum atomic E-state index is 6.29. The van der Waals surface area contributed by atoms with Gasteiger partial charge in [0.25, 0.3) is 0 Å². The first-order valence-electron chi connectivity index (χ1n) is 11.7. The molecule has 4 atom stereocenters. The summed E-state index contributed by atoms with van der Waals surface area (Å²) in [5.41, 5.74) is 2.81. The van der Waals surface area contributed by atoms with Crippen molar-refractivity contribution in [2.45, 2.75) is 95.0 Å². The van der Waals surface area contributed by atoms with Gasteiger partial charge in [-0.3, -0.25) is 0 Å². The highest BCUT2D eigenvalue weighted by Gasteiger charge is 2.26. The fourth-order valence-corrected chi connectivity index (χ4v) is 4.96.